The molecule has 19 heavy (non-hydrogen) atoms. The molecule has 4 heteroatoms. The molecular formula is C15H31N3O. The highest BCUT2D eigenvalue weighted by atomic mass is 16.1. The zero-order valence-electron chi connectivity index (χ0n) is 12.8. The highest BCUT2D eigenvalue weighted by Crippen LogP contribution is 2.30. The summed E-state index contributed by atoms with van der Waals surface area (Å²) in [4.78, 5) is 14.0. The van der Waals surface area contributed by atoms with Crippen LogP contribution >= 0.6 is 0 Å². The van der Waals surface area contributed by atoms with Crippen molar-refractivity contribution in [1.82, 2.24) is 4.90 Å². The Balaban J connectivity index is 2.67. The molecule has 0 spiro atoms. The predicted molar refractivity (Wildman–Crippen MR) is 79.7 cm³/mol. The van der Waals surface area contributed by atoms with Gasteiger partial charge in [-0.2, -0.15) is 0 Å². The van der Waals surface area contributed by atoms with E-state index in [1.54, 1.807) is 0 Å². The fourth-order valence-electron chi connectivity index (χ4n) is 3.23. The zero-order valence-corrected chi connectivity index (χ0v) is 12.8. The molecule has 0 aromatic carbocycles. The van der Waals surface area contributed by atoms with Crippen LogP contribution in [0.15, 0.2) is 0 Å². The van der Waals surface area contributed by atoms with Crippen molar-refractivity contribution in [2.24, 2.45) is 17.4 Å². The lowest BCUT2D eigenvalue weighted by molar-refractivity contribution is -0.125. The smallest absolute Gasteiger partial charge is 0.237 e. The summed E-state index contributed by atoms with van der Waals surface area (Å²) in [6, 6.07) is 0.414. The van der Waals surface area contributed by atoms with E-state index in [9.17, 15) is 4.79 Å². The quantitative estimate of drug-likeness (QED) is 0.741. The Morgan fingerprint density at radius 2 is 2.00 bits per heavy atom. The van der Waals surface area contributed by atoms with Crippen molar-refractivity contribution < 1.29 is 4.79 Å². The van der Waals surface area contributed by atoms with Crippen LogP contribution in [-0.4, -0.2) is 35.5 Å². The molecule has 4 nitrogen and oxygen atoms in total. The number of hydrogen-bond acceptors (Lipinski definition) is 3. The van der Waals surface area contributed by atoms with Crippen molar-refractivity contribution >= 4 is 5.91 Å². The van der Waals surface area contributed by atoms with E-state index in [0.717, 1.165) is 44.7 Å². The van der Waals surface area contributed by atoms with Crippen molar-refractivity contribution in [3.63, 3.8) is 0 Å². The molecular weight excluding hydrogens is 238 g/mol. The first kappa shape index (κ1) is 16.4. The highest BCUT2D eigenvalue weighted by Gasteiger charge is 2.39. The first-order valence-corrected chi connectivity index (χ1v) is 7.79. The minimum atomic E-state index is -0.787. The number of nitrogens with two attached hydrogens (primary N) is 2. The van der Waals surface area contributed by atoms with Crippen molar-refractivity contribution in [3.05, 3.63) is 0 Å². The third kappa shape index (κ3) is 4.18. The Bertz CT molecular complexity index is 291. The number of nitrogens with zero attached hydrogens (tertiary/aromatic N) is 1. The monoisotopic (exact) mass is 269 g/mol. The lowest BCUT2D eigenvalue weighted by atomic mass is 9.78. The van der Waals surface area contributed by atoms with Gasteiger partial charge in [-0.3, -0.25) is 4.79 Å². The van der Waals surface area contributed by atoms with Crippen molar-refractivity contribution in [1.29, 1.82) is 0 Å². The molecule has 1 aliphatic carbocycles. The standard InChI is InChI=1S/C15H31N3O/c1-4-12(5-2)11-18(6-3)13-8-7-9-15(17,10-13)14(16)19/h12-13H,4-11,17H2,1-3H3,(H2,16,19). The first-order valence-electron chi connectivity index (χ1n) is 7.79. The van der Waals surface area contributed by atoms with E-state index in [2.05, 4.69) is 25.7 Å². The lowest BCUT2D eigenvalue weighted by Crippen LogP contribution is -2.58. The number of hydrogen-bond donors (Lipinski definition) is 2. The van der Waals surface area contributed by atoms with Gasteiger partial charge in [-0.05, 0) is 38.1 Å². The van der Waals surface area contributed by atoms with Crippen molar-refractivity contribution in [2.45, 2.75) is 70.9 Å². The third-order valence-corrected chi connectivity index (χ3v) is 4.82. The second kappa shape index (κ2) is 7.25. The Hall–Kier alpha value is -0.610. The fraction of sp³-hybridized carbons (Fsp3) is 0.933. The van der Waals surface area contributed by atoms with Gasteiger partial charge in [0, 0.05) is 12.6 Å². The summed E-state index contributed by atoms with van der Waals surface area (Å²) in [5, 5.41) is 0. The molecule has 0 radical (unpaired) electrons. The van der Waals surface area contributed by atoms with Crippen LogP contribution in [-0.2, 0) is 4.79 Å². The topological polar surface area (TPSA) is 72.3 Å². The molecule has 0 saturated heterocycles. The molecule has 1 saturated carbocycles. The normalized spacial score (nSPS) is 28.0. The molecule has 2 unspecified atom stereocenters. The van der Waals surface area contributed by atoms with Gasteiger partial charge in [-0.1, -0.05) is 33.6 Å². The zero-order chi connectivity index (χ0) is 14.5. The van der Waals surface area contributed by atoms with Gasteiger partial charge in [-0.25, -0.2) is 0 Å². The van der Waals surface area contributed by atoms with Crippen molar-refractivity contribution in [3.8, 4) is 0 Å². The van der Waals surface area contributed by atoms with Crippen LogP contribution in [0.1, 0.15) is 59.3 Å². The van der Waals surface area contributed by atoms with E-state index >= 15 is 0 Å². The minimum absolute atomic E-state index is 0.337. The van der Waals surface area contributed by atoms with Crippen LogP contribution in [0.3, 0.4) is 0 Å². The van der Waals surface area contributed by atoms with Gasteiger partial charge < -0.3 is 16.4 Å². The number of carbonyl (C=O) groups is 1. The van der Waals surface area contributed by atoms with Gasteiger partial charge in [0.15, 0.2) is 0 Å². The number of primary amides is 1. The molecule has 1 fully saturated rings. The summed E-state index contributed by atoms with van der Waals surface area (Å²) in [7, 11) is 0. The molecule has 0 heterocycles. The summed E-state index contributed by atoms with van der Waals surface area (Å²) < 4.78 is 0. The summed E-state index contributed by atoms with van der Waals surface area (Å²) in [5.41, 5.74) is 10.9. The summed E-state index contributed by atoms with van der Waals surface area (Å²) in [6.45, 7) is 8.83. The molecule has 0 aliphatic heterocycles. The molecule has 4 N–H and O–H groups in total. The Morgan fingerprint density at radius 1 is 1.37 bits per heavy atom. The van der Waals surface area contributed by atoms with Crippen LogP contribution < -0.4 is 11.5 Å². The van der Waals surface area contributed by atoms with Gasteiger partial charge in [-0.15, -0.1) is 0 Å². The van der Waals surface area contributed by atoms with Gasteiger partial charge in [0.1, 0.15) is 0 Å². The molecule has 1 aliphatic rings. The van der Waals surface area contributed by atoms with Crippen LogP contribution in [0, 0.1) is 5.92 Å². The van der Waals surface area contributed by atoms with Crippen LogP contribution in [0.25, 0.3) is 0 Å². The molecule has 0 aromatic rings. The predicted octanol–water partition coefficient (Wildman–Crippen LogP) is 1.87. The van der Waals surface area contributed by atoms with E-state index in [4.69, 9.17) is 11.5 Å². The largest absolute Gasteiger partial charge is 0.368 e. The molecule has 0 bridgehead atoms. The molecule has 112 valence electrons. The first-order chi connectivity index (χ1) is 8.96. The number of carbonyl (C=O) groups excluding carboxylic acids is 1. The lowest BCUT2D eigenvalue weighted by Gasteiger charge is -2.41. The molecule has 2 atom stereocenters. The summed E-state index contributed by atoms with van der Waals surface area (Å²) in [6.07, 6.45) is 6.02. The van der Waals surface area contributed by atoms with E-state index in [1.165, 1.54) is 12.8 Å². The number of amides is 1. The Morgan fingerprint density at radius 3 is 2.47 bits per heavy atom. The van der Waals surface area contributed by atoms with Crippen molar-refractivity contribution in [2.75, 3.05) is 13.1 Å². The van der Waals surface area contributed by atoms with E-state index < -0.39 is 5.54 Å². The molecule has 0 aromatic heterocycles. The minimum Gasteiger partial charge on any atom is -0.368 e. The summed E-state index contributed by atoms with van der Waals surface area (Å²) >= 11 is 0. The maximum atomic E-state index is 11.5. The average molecular weight is 269 g/mol. The molecule has 1 rings (SSSR count). The maximum Gasteiger partial charge on any atom is 0.237 e. The third-order valence-electron chi connectivity index (χ3n) is 4.82. The van der Waals surface area contributed by atoms with Gasteiger partial charge in [0.2, 0.25) is 5.91 Å². The highest BCUT2D eigenvalue weighted by molar-refractivity contribution is 5.84. The van der Waals surface area contributed by atoms with Gasteiger partial charge >= 0.3 is 0 Å². The van der Waals surface area contributed by atoms with E-state index in [-0.39, 0.29) is 5.91 Å². The maximum absolute atomic E-state index is 11.5. The second-order valence-electron chi connectivity index (χ2n) is 6.04. The Kier molecular flexibility index (Phi) is 6.27. The van der Waals surface area contributed by atoms with Crippen LogP contribution in [0.4, 0.5) is 0 Å². The van der Waals surface area contributed by atoms with E-state index in [1.807, 2.05) is 0 Å². The second-order valence-corrected chi connectivity index (χ2v) is 6.04. The van der Waals surface area contributed by atoms with Gasteiger partial charge in [0.25, 0.3) is 0 Å². The van der Waals surface area contributed by atoms with Gasteiger partial charge in [0.05, 0.1) is 5.54 Å². The van der Waals surface area contributed by atoms with E-state index in [0.29, 0.717) is 6.04 Å². The Labute approximate surface area is 117 Å². The van der Waals surface area contributed by atoms with Crippen LogP contribution in [0.5, 0.6) is 0 Å². The average Bonchev–Trinajstić information content (AvgIpc) is 2.40. The molecule has 1 amide bonds. The van der Waals surface area contributed by atoms with Crippen LogP contribution in [0.2, 0.25) is 0 Å². The SMILES string of the molecule is CCC(CC)CN(CC)C1CCCC(N)(C(N)=O)C1. The summed E-state index contributed by atoms with van der Waals surface area (Å²) in [5.74, 6) is 0.401. The fourth-order valence-corrected chi connectivity index (χ4v) is 3.23. The number of rotatable bonds is 7.